The Hall–Kier alpha value is -1.45. The smallest absolute Gasteiger partial charge is 0.414 e. The summed E-state index contributed by atoms with van der Waals surface area (Å²) >= 11 is 0. The summed E-state index contributed by atoms with van der Waals surface area (Å²) in [7, 11) is 0. The zero-order chi connectivity index (χ0) is 10.8. The van der Waals surface area contributed by atoms with Crippen LogP contribution in [0.2, 0.25) is 0 Å². The van der Waals surface area contributed by atoms with E-state index in [-0.39, 0.29) is 5.76 Å². The van der Waals surface area contributed by atoms with Gasteiger partial charge in [0, 0.05) is 6.20 Å². The lowest BCUT2D eigenvalue weighted by molar-refractivity contribution is 0.0348. The SMILES string of the molecule is CC(C)(C)OC(=O)N1C=CC(O)=CC1. The van der Waals surface area contributed by atoms with Crippen molar-refractivity contribution in [2.45, 2.75) is 26.4 Å². The molecule has 1 rings (SSSR count). The van der Waals surface area contributed by atoms with E-state index in [1.807, 2.05) is 20.8 Å². The van der Waals surface area contributed by atoms with Crippen molar-refractivity contribution in [2.75, 3.05) is 6.54 Å². The van der Waals surface area contributed by atoms with E-state index in [0.717, 1.165) is 0 Å². The van der Waals surface area contributed by atoms with Crippen molar-refractivity contribution in [1.29, 1.82) is 0 Å². The highest BCUT2D eigenvalue weighted by Gasteiger charge is 2.21. The van der Waals surface area contributed by atoms with Crippen molar-refractivity contribution in [1.82, 2.24) is 4.90 Å². The molecule has 1 aliphatic heterocycles. The maximum absolute atomic E-state index is 11.5. The van der Waals surface area contributed by atoms with Gasteiger partial charge in [0.15, 0.2) is 0 Å². The average Bonchev–Trinajstić information content (AvgIpc) is 2.02. The van der Waals surface area contributed by atoms with E-state index in [2.05, 4.69) is 0 Å². The van der Waals surface area contributed by atoms with Gasteiger partial charge in [0.1, 0.15) is 11.4 Å². The summed E-state index contributed by atoms with van der Waals surface area (Å²) in [6.45, 7) is 5.78. The molecule has 4 nitrogen and oxygen atoms in total. The van der Waals surface area contributed by atoms with E-state index in [9.17, 15) is 4.79 Å². The number of hydrogen-bond acceptors (Lipinski definition) is 3. The van der Waals surface area contributed by atoms with E-state index in [4.69, 9.17) is 9.84 Å². The zero-order valence-electron chi connectivity index (χ0n) is 8.65. The Morgan fingerprint density at radius 1 is 1.57 bits per heavy atom. The second-order valence-electron chi connectivity index (χ2n) is 4.08. The number of allylic oxidation sites excluding steroid dienone is 1. The van der Waals surface area contributed by atoms with Gasteiger partial charge < -0.3 is 9.84 Å². The summed E-state index contributed by atoms with van der Waals surface area (Å²) in [6, 6.07) is 0. The fourth-order valence-corrected chi connectivity index (χ4v) is 0.943. The fourth-order valence-electron chi connectivity index (χ4n) is 0.943. The van der Waals surface area contributed by atoms with Crippen LogP contribution in [-0.4, -0.2) is 28.2 Å². The van der Waals surface area contributed by atoms with Crippen LogP contribution in [0.1, 0.15) is 20.8 Å². The molecule has 0 aromatic heterocycles. The van der Waals surface area contributed by atoms with Gasteiger partial charge in [0.2, 0.25) is 0 Å². The maximum atomic E-state index is 11.5. The van der Waals surface area contributed by atoms with E-state index in [0.29, 0.717) is 6.54 Å². The molecule has 1 heterocycles. The van der Waals surface area contributed by atoms with Gasteiger partial charge in [-0.3, -0.25) is 4.90 Å². The molecule has 1 N–H and O–H groups in total. The molecule has 0 radical (unpaired) electrons. The lowest BCUT2D eigenvalue weighted by atomic mass is 10.2. The summed E-state index contributed by atoms with van der Waals surface area (Å²) in [4.78, 5) is 12.9. The van der Waals surface area contributed by atoms with E-state index < -0.39 is 11.7 Å². The number of carbonyl (C=O) groups excluding carboxylic acids is 1. The lowest BCUT2D eigenvalue weighted by Crippen LogP contribution is -2.34. The van der Waals surface area contributed by atoms with Gasteiger partial charge in [-0.2, -0.15) is 0 Å². The summed E-state index contributed by atoms with van der Waals surface area (Å²) in [5.74, 6) is 0.171. The second-order valence-corrected chi connectivity index (χ2v) is 4.08. The normalized spacial score (nSPS) is 16.5. The number of hydrogen-bond donors (Lipinski definition) is 1. The van der Waals surface area contributed by atoms with Crippen LogP contribution in [0, 0.1) is 0 Å². The number of aliphatic hydroxyl groups excluding tert-OH is 1. The molecule has 0 aromatic rings. The number of nitrogens with zero attached hydrogens (tertiary/aromatic N) is 1. The predicted octanol–water partition coefficient (Wildman–Crippen LogP) is 2.19. The molecule has 1 amide bonds. The van der Waals surface area contributed by atoms with Crippen LogP contribution in [-0.2, 0) is 4.74 Å². The van der Waals surface area contributed by atoms with Gasteiger partial charge >= 0.3 is 6.09 Å². The minimum absolute atomic E-state index is 0.171. The first-order valence-corrected chi connectivity index (χ1v) is 4.45. The minimum atomic E-state index is -0.492. The quantitative estimate of drug-likeness (QED) is 0.647. The lowest BCUT2D eigenvalue weighted by Gasteiger charge is -2.25. The number of carbonyl (C=O) groups is 1. The Morgan fingerprint density at radius 3 is 2.64 bits per heavy atom. The van der Waals surface area contributed by atoms with Crippen LogP contribution >= 0.6 is 0 Å². The standard InChI is InChI=1S/C10H15NO3/c1-10(2,3)14-9(13)11-6-4-8(12)5-7-11/h4-6,12H,7H2,1-3H3. The molecule has 14 heavy (non-hydrogen) atoms. The second kappa shape index (κ2) is 3.74. The molecule has 0 atom stereocenters. The van der Waals surface area contributed by atoms with Gasteiger partial charge in [0.25, 0.3) is 0 Å². The van der Waals surface area contributed by atoms with Gasteiger partial charge in [-0.05, 0) is 32.9 Å². The zero-order valence-corrected chi connectivity index (χ0v) is 8.65. The number of rotatable bonds is 0. The molecule has 0 bridgehead atoms. The molecule has 0 saturated heterocycles. The monoisotopic (exact) mass is 197 g/mol. The Labute approximate surface area is 83.5 Å². The van der Waals surface area contributed by atoms with Crippen LogP contribution in [0.15, 0.2) is 24.1 Å². The number of aliphatic hydroxyl groups is 1. The molecule has 0 spiro atoms. The third-order valence-corrected chi connectivity index (χ3v) is 1.55. The Kier molecular flexibility index (Phi) is 2.84. The van der Waals surface area contributed by atoms with Crippen molar-refractivity contribution < 1.29 is 14.6 Å². The number of amides is 1. The molecule has 0 aliphatic carbocycles. The molecule has 0 fully saturated rings. The minimum Gasteiger partial charge on any atom is -0.508 e. The van der Waals surface area contributed by atoms with Gasteiger partial charge in [0.05, 0.1) is 6.54 Å². The predicted molar refractivity (Wildman–Crippen MR) is 52.8 cm³/mol. The molecule has 1 aliphatic rings. The summed E-state index contributed by atoms with van der Waals surface area (Å²) in [6.07, 6.45) is 4.10. The largest absolute Gasteiger partial charge is 0.508 e. The summed E-state index contributed by atoms with van der Waals surface area (Å²) < 4.78 is 5.14. The van der Waals surface area contributed by atoms with Crippen LogP contribution in [0.5, 0.6) is 0 Å². The highest BCUT2D eigenvalue weighted by Crippen LogP contribution is 2.12. The fraction of sp³-hybridized carbons (Fsp3) is 0.500. The van der Waals surface area contributed by atoms with Crippen molar-refractivity contribution in [3.05, 3.63) is 24.1 Å². The van der Waals surface area contributed by atoms with Gasteiger partial charge in [-0.1, -0.05) is 0 Å². The topological polar surface area (TPSA) is 49.8 Å². The van der Waals surface area contributed by atoms with Crippen LogP contribution in [0.3, 0.4) is 0 Å². The Bertz CT molecular complexity index is 286. The Balaban J connectivity index is 2.53. The first-order valence-electron chi connectivity index (χ1n) is 4.45. The van der Waals surface area contributed by atoms with Crippen molar-refractivity contribution in [3.63, 3.8) is 0 Å². The van der Waals surface area contributed by atoms with Gasteiger partial charge in [-0.15, -0.1) is 0 Å². The molecule has 0 unspecified atom stereocenters. The third kappa shape index (κ3) is 3.12. The van der Waals surface area contributed by atoms with Crippen LogP contribution < -0.4 is 0 Å². The molecule has 78 valence electrons. The van der Waals surface area contributed by atoms with Crippen molar-refractivity contribution in [2.24, 2.45) is 0 Å². The van der Waals surface area contributed by atoms with Gasteiger partial charge in [-0.25, -0.2) is 4.79 Å². The van der Waals surface area contributed by atoms with Crippen LogP contribution in [0.25, 0.3) is 0 Å². The molecular formula is C10H15NO3. The van der Waals surface area contributed by atoms with Crippen LogP contribution in [0.4, 0.5) is 4.79 Å². The molecule has 4 heteroatoms. The maximum Gasteiger partial charge on any atom is 0.414 e. The summed E-state index contributed by atoms with van der Waals surface area (Å²) in [5.41, 5.74) is -0.492. The molecular weight excluding hydrogens is 182 g/mol. The average molecular weight is 197 g/mol. The molecule has 0 aromatic carbocycles. The summed E-state index contributed by atoms with van der Waals surface area (Å²) in [5, 5.41) is 9.04. The first-order chi connectivity index (χ1) is 6.38. The third-order valence-electron chi connectivity index (χ3n) is 1.55. The molecule has 0 saturated carbocycles. The van der Waals surface area contributed by atoms with E-state index in [1.54, 1.807) is 6.08 Å². The highest BCUT2D eigenvalue weighted by molar-refractivity contribution is 5.70. The Morgan fingerprint density at radius 2 is 2.21 bits per heavy atom. The number of ether oxygens (including phenoxy) is 1. The van der Waals surface area contributed by atoms with Crippen molar-refractivity contribution in [3.8, 4) is 0 Å². The highest BCUT2D eigenvalue weighted by atomic mass is 16.6. The first kappa shape index (κ1) is 10.6. The van der Waals surface area contributed by atoms with Crippen molar-refractivity contribution >= 4 is 6.09 Å². The van der Waals surface area contributed by atoms with E-state index >= 15 is 0 Å². The van der Waals surface area contributed by atoms with E-state index in [1.165, 1.54) is 17.2 Å².